The third-order valence-electron chi connectivity index (χ3n) is 14.3. The van der Waals surface area contributed by atoms with Gasteiger partial charge in [0.25, 0.3) is 6.71 Å². The molecule has 2 nitrogen and oxygen atoms in total. The van der Waals surface area contributed by atoms with Crippen molar-refractivity contribution in [2.45, 2.75) is 30.4 Å². The lowest BCUT2D eigenvalue weighted by atomic mass is 9.34. The van der Waals surface area contributed by atoms with Gasteiger partial charge in [0.1, 0.15) is 23.0 Å². The standard InChI is InChI=1S/C56H31BO2S2/c1-3-16-35-32(14-1)34-30-47-44(31-42(34)56(35)39-20-7-11-26-50(39)61-51-27-12-8-21-40(51)56)57-43-29-28-41-52(54(43)59-46-23-13-22-45(58-47)53(46)57)33-15-2-4-17-36(33)55(41)37-18-5-9-24-48(37)60-49-25-10-6-19-38(49)55/h1-31H. The third-order valence-corrected chi connectivity index (χ3v) is 16.6. The van der Waals surface area contributed by atoms with Gasteiger partial charge in [-0.25, -0.2) is 0 Å². The van der Waals surface area contributed by atoms with Crippen LogP contribution in [-0.4, -0.2) is 6.71 Å². The molecule has 0 atom stereocenters. The molecular weight excluding hydrogens is 780 g/mol. The molecule has 4 aliphatic heterocycles. The highest BCUT2D eigenvalue weighted by atomic mass is 32.2. The molecule has 282 valence electrons. The van der Waals surface area contributed by atoms with Crippen molar-refractivity contribution in [2.24, 2.45) is 0 Å². The zero-order valence-electron chi connectivity index (χ0n) is 32.6. The lowest BCUT2D eigenvalue weighted by molar-refractivity contribution is 0.465. The van der Waals surface area contributed by atoms with E-state index in [1.54, 1.807) is 0 Å². The predicted molar refractivity (Wildman–Crippen MR) is 247 cm³/mol. The van der Waals surface area contributed by atoms with Crippen LogP contribution in [0.1, 0.15) is 44.5 Å². The largest absolute Gasteiger partial charge is 0.458 e. The molecule has 0 amide bonds. The summed E-state index contributed by atoms with van der Waals surface area (Å²) in [5, 5.41) is 0. The maximum Gasteiger partial charge on any atom is 0.260 e. The summed E-state index contributed by atoms with van der Waals surface area (Å²) in [5.74, 6) is 3.57. The Hall–Kier alpha value is -6.66. The lowest BCUT2D eigenvalue weighted by Gasteiger charge is -2.41. The van der Waals surface area contributed by atoms with Crippen LogP contribution in [0.5, 0.6) is 23.0 Å². The van der Waals surface area contributed by atoms with E-state index in [-0.39, 0.29) is 6.71 Å². The van der Waals surface area contributed by atoms with Crippen LogP contribution < -0.4 is 25.9 Å². The molecule has 9 aromatic rings. The maximum absolute atomic E-state index is 7.31. The molecule has 6 aliphatic rings. The van der Waals surface area contributed by atoms with Gasteiger partial charge in [-0.15, -0.1) is 0 Å². The number of rotatable bonds is 0. The molecule has 0 unspecified atom stereocenters. The van der Waals surface area contributed by atoms with Gasteiger partial charge in [-0.2, -0.15) is 0 Å². The number of benzene rings is 9. The highest BCUT2D eigenvalue weighted by Gasteiger charge is 2.55. The van der Waals surface area contributed by atoms with Gasteiger partial charge >= 0.3 is 0 Å². The van der Waals surface area contributed by atoms with Crippen molar-refractivity contribution in [3.8, 4) is 45.3 Å². The molecule has 0 aromatic heterocycles. The molecule has 0 bridgehead atoms. The minimum atomic E-state index is -0.490. The van der Waals surface area contributed by atoms with E-state index in [9.17, 15) is 0 Å². The smallest absolute Gasteiger partial charge is 0.260 e. The topological polar surface area (TPSA) is 18.5 Å². The van der Waals surface area contributed by atoms with Gasteiger partial charge in [-0.1, -0.05) is 169 Å². The first-order valence-corrected chi connectivity index (χ1v) is 22.7. The maximum atomic E-state index is 7.31. The second kappa shape index (κ2) is 11.6. The van der Waals surface area contributed by atoms with Crippen LogP contribution in [0.25, 0.3) is 22.3 Å². The molecule has 4 heterocycles. The highest BCUT2D eigenvalue weighted by molar-refractivity contribution is 7.99. The van der Waals surface area contributed by atoms with Crippen molar-refractivity contribution in [2.75, 3.05) is 0 Å². The Bertz CT molecular complexity index is 3390. The first-order chi connectivity index (χ1) is 30.2. The van der Waals surface area contributed by atoms with Crippen LogP contribution in [0.4, 0.5) is 0 Å². The number of hydrogen-bond donors (Lipinski definition) is 0. The summed E-state index contributed by atoms with van der Waals surface area (Å²) in [4.78, 5) is 5.19. The van der Waals surface area contributed by atoms with Crippen LogP contribution in [0.3, 0.4) is 0 Å². The molecule has 0 radical (unpaired) electrons. The summed E-state index contributed by atoms with van der Waals surface area (Å²) in [6.07, 6.45) is 0. The van der Waals surface area contributed by atoms with Gasteiger partial charge in [-0.05, 0) is 115 Å². The first kappa shape index (κ1) is 33.1. The summed E-state index contributed by atoms with van der Waals surface area (Å²) in [5.41, 5.74) is 17.9. The van der Waals surface area contributed by atoms with Gasteiger partial charge in [0.05, 0.1) is 10.8 Å². The molecule has 0 fully saturated rings. The van der Waals surface area contributed by atoms with Crippen LogP contribution in [0.2, 0.25) is 0 Å². The van der Waals surface area contributed by atoms with Crippen LogP contribution in [0.15, 0.2) is 208 Å². The molecule has 5 heteroatoms. The van der Waals surface area contributed by atoms with Crippen LogP contribution in [-0.2, 0) is 10.8 Å². The van der Waals surface area contributed by atoms with Crippen LogP contribution in [0, 0.1) is 0 Å². The van der Waals surface area contributed by atoms with E-state index in [4.69, 9.17) is 9.47 Å². The Kier molecular flexibility index (Phi) is 6.29. The Balaban J connectivity index is 1.03. The summed E-state index contributed by atoms with van der Waals surface area (Å²) in [6, 6.07) is 70.2. The van der Waals surface area contributed by atoms with Crippen molar-refractivity contribution in [1.82, 2.24) is 0 Å². The van der Waals surface area contributed by atoms with Gasteiger partial charge in [0, 0.05) is 30.6 Å². The summed E-state index contributed by atoms with van der Waals surface area (Å²) in [7, 11) is 0. The SMILES string of the molecule is c1cc2c3c(c1)Oc1c(ccc4c1-c1ccccc1C41c4ccccc4Sc4ccccc41)B3c1cc3c(cc1O2)-c1ccccc1C31c2ccccc2Sc2ccccc21. The number of ether oxygens (including phenoxy) is 2. The minimum Gasteiger partial charge on any atom is -0.458 e. The van der Waals surface area contributed by atoms with E-state index in [0.717, 1.165) is 28.5 Å². The van der Waals surface area contributed by atoms with E-state index in [1.807, 2.05) is 23.5 Å². The minimum absolute atomic E-state index is 0.108. The summed E-state index contributed by atoms with van der Waals surface area (Å²) < 4.78 is 14.3. The summed E-state index contributed by atoms with van der Waals surface area (Å²) in [6.45, 7) is -0.108. The summed E-state index contributed by atoms with van der Waals surface area (Å²) >= 11 is 3.76. The predicted octanol–water partition coefficient (Wildman–Crippen LogP) is 12.1. The number of hydrogen-bond acceptors (Lipinski definition) is 4. The van der Waals surface area contributed by atoms with Crippen molar-refractivity contribution < 1.29 is 9.47 Å². The van der Waals surface area contributed by atoms with E-state index in [1.165, 1.54) is 97.3 Å². The monoisotopic (exact) mass is 810 g/mol. The third kappa shape index (κ3) is 3.88. The van der Waals surface area contributed by atoms with Gasteiger partial charge < -0.3 is 9.47 Å². The molecule has 15 rings (SSSR count). The average molecular weight is 811 g/mol. The zero-order chi connectivity index (χ0) is 39.6. The lowest BCUT2D eigenvalue weighted by Crippen LogP contribution is -2.57. The average Bonchev–Trinajstić information content (AvgIpc) is 3.76. The zero-order valence-corrected chi connectivity index (χ0v) is 34.2. The first-order valence-electron chi connectivity index (χ1n) is 21.0. The van der Waals surface area contributed by atoms with Crippen LogP contribution >= 0.6 is 23.5 Å². The van der Waals surface area contributed by atoms with E-state index >= 15 is 0 Å². The molecule has 0 saturated carbocycles. The molecule has 0 N–H and O–H groups in total. The Morgan fingerprint density at radius 3 is 1.44 bits per heavy atom. The Morgan fingerprint density at radius 2 is 0.836 bits per heavy atom. The fraction of sp³-hybridized carbons (Fsp3) is 0.0357. The fourth-order valence-corrected chi connectivity index (χ4v) is 14.6. The highest BCUT2D eigenvalue weighted by Crippen LogP contribution is 2.65. The number of fused-ring (bicyclic) bond motifs is 23. The van der Waals surface area contributed by atoms with Gasteiger partial charge in [0.2, 0.25) is 0 Å². The fourth-order valence-electron chi connectivity index (χ4n) is 12.2. The van der Waals surface area contributed by atoms with E-state index < -0.39 is 10.8 Å². The van der Waals surface area contributed by atoms with Crippen molar-refractivity contribution in [3.05, 3.63) is 233 Å². The Labute approximate surface area is 362 Å². The normalized spacial score (nSPS) is 15.9. The van der Waals surface area contributed by atoms with Gasteiger partial charge in [-0.3, -0.25) is 0 Å². The molecule has 61 heavy (non-hydrogen) atoms. The molecule has 2 spiro atoms. The molecule has 0 saturated heterocycles. The molecular formula is C56H31BO2S2. The van der Waals surface area contributed by atoms with Gasteiger partial charge in [0.15, 0.2) is 0 Å². The van der Waals surface area contributed by atoms with Crippen molar-refractivity contribution in [1.29, 1.82) is 0 Å². The van der Waals surface area contributed by atoms with Crippen molar-refractivity contribution in [3.63, 3.8) is 0 Å². The van der Waals surface area contributed by atoms with Crippen molar-refractivity contribution >= 4 is 46.6 Å². The second-order valence-corrected chi connectivity index (χ2v) is 19.1. The second-order valence-electron chi connectivity index (χ2n) is 16.9. The van der Waals surface area contributed by atoms with E-state index in [0.29, 0.717) is 0 Å². The Morgan fingerprint density at radius 1 is 0.344 bits per heavy atom. The molecule has 9 aromatic carbocycles. The molecule has 2 aliphatic carbocycles. The quantitative estimate of drug-likeness (QED) is 0.142. The van der Waals surface area contributed by atoms with E-state index in [2.05, 4.69) is 188 Å².